The van der Waals surface area contributed by atoms with Crippen molar-refractivity contribution in [2.75, 3.05) is 5.32 Å². The van der Waals surface area contributed by atoms with Gasteiger partial charge in [-0.3, -0.25) is 9.89 Å². The van der Waals surface area contributed by atoms with Crippen molar-refractivity contribution in [1.29, 1.82) is 0 Å². The number of aromatic amines is 1. The van der Waals surface area contributed by atoms with Crippen LogP contribution in [0.2, 0.25) is 5.02 Å². The minimum Gasteiger partial charge on any atom is -0.309 e. The summed E-state index contributed by atoms with van der Waals surface area (Å²) in [4.78, 5) is 11.9. The maximum Gasteiger partial charge on any atom is 0.230 e. The van der Waals surface area contributed by atoms with Crippen LogP contribution in [0.1, 0.15) is 31.0 Å². The largest absolute Gasteiger partial charge is 0.309 e. The van der Waals surface area contributed by atoms with E-state index in [1.165, 1.54) is 0 Å². The predicted molar refractivity (Wildman–Crippen MR) is 76.5 cm³/mol. The molecule has 1 aromatic heterocycles. The highest BCUT2D eigenvalue weighted by Gasteiger charge is 2.10. The first kappa shape index (κ1) is 13.6. The molecule has 2 aromatic rings. The number of halogens is 1. The van der Waals surface area contributed by atoms with Crippen LogP contribution < -0.4 is 5.32 Å². The van der Waals surface area contributed by atoms with E-state index in [2.05, 4.69) is 29.4 Å². The van der Waals surface area contributed by atoms with Crippen LogP contribution in [0.25, 0.3) is 0 Å². The molecule has 4 nitrogen and oxygen atoms in total. The van der Waals surface area contributed by atoms with Gasteiger partial charge in [0.1, 0.15) is 0 Å². The molecule has 2 rings (SSSR count). The average Bonchev–Trinajstić information content (AvgIpc) is 2.80. The molecule has 0 aliphatic rings. The maximum atomic E-state index is 11.9. The second-order valence-corrected chi connectivity index (χ2v) is 5.09. The summed E-state index contributed by atoms with van der Waals surface area (Å²) in [7, 11) is 0. The van der Waals surface area contributed by atoms with Crippen molar-refractivity contribution in [2.45, 2.75) is 26.2 Å². The van der Waals surface area contributed by atoms with Gasteiger partial charge in [0.2, 0.25) is 5.91 Å². The number of benzene rings is 1. The summed E-state index contributed by atoms with van der Waals surface area (Å²) >= 11 is 6.02. The molecule has 19 heavy (non-hydrogen) atoms. The molecular formula is C14H16ClN3O. The Labute approximate surface area is 117 Å². The molecule has 0 saturated carbocycles. The number of nitrogens with one attached hydrogen (secondary N) is 2. The van der Waals surface area contributed by atoms with Crippen molar-refractivity contribution in [3.05, 3.63) is 46.6 Å². The summed E-state index contributed by atoms with van der Waals surface area (Å²) in [6, 6.07) is 9.16. The molecule has 0 aliphatic carbocycles. The van der Waals surface area contributed by atoms with Crippen LogP contribution in [0.3, 0.4) is 0 Å². The quantitative estimate of drug-likeness (QED) is 0.900. The molecule has 0 spiro atoms. The Morgan fingerprint density at radius 3 is 2.79 bits per heavy atom. The molecule has 0 atom stereocenters. The lowest BCUT2D eigenvalue weighted by Gasteiger charge is -2.03. The van der Waals surface area contributed by atoms with Gasteiger partial charge in [0.25, 0.3) is 0 Å². The first-order valence-corrected chi connectivity index (χ1v) is 6.52. The van der Waals surface area contributed by atoms with Crippen molar-refractivity contribution < 1.29 is 4.79 Å². The Hall–Kier alpha value is -1.81. The number of aromatic nitrogens is 2. The van der Waals surface area contributed by atoms with Crippen LogP contribution in [-0.4, -0.2) is 16.1 Å². The molecule has 0 fully saturated rings. The highest BCUT2D eigenvalue weighted by molar-refractivity contribution is 6.31. The molecule has 0 radical (unpaired) electrons. The molecule has 1 amide bonds. The highest BCUT2D eigenvalue weighted by Crippen LogP contribution is 2.17. The lowest BCUT2D eigenvalue weighted by Crippen LogP contribution is -2.14. The van der Waals surface area contributed by atoms with Crippen LogP contribution in [0.15, 0.2) is 30.3 Å². The fourth-order valence-electron chi connectivity index (χ4n) is 1.70. The van der Waals surface area contributed by atoms with Crippen LogP contribution in [-0.2, 0) is 11.2 Å². The molecule has 0 unspecified atom stereocenters. The lowest BCUT2D eigenvalue weighted by atomic mass is 10.1. The second-order valence-electron chi connectivity index (χ2n) is 4.68. The Balaban J connectivity index is 1.99. The molecule has 2 N–H and O–H groups in total. The van der Waals surface area contributed by atoms with Gasteiger partial charge in [-0.25, -0.2) is 0 Å². The van der Waals surface area contributed by atoms with Crippen LogP contribution in [0, 0.1) is 0 Å². The molecular weight excluding hydrogens is 262 g/mol. The van der Waals surface area contributed by atoms with Gasteiger partial charge in [0.15, 0.2) is 5.82 Å². The third-order valence-electron chi connectivity index (χ3n) is 2.80. The van der Waals surface area contributed by atoms with Crippen molar-refractivity contribution in [3.63, 3.8) is 0 Å². The summed E-state index contributed by atoms with van der Waals surface area (Å²) in [5, 5.41) is 10.3. The molecule has 100 valence electrons. The van der Waals surface area contributed by atoms with E-state index in [4.69, 9.17) is 11.6 Å². The van der Waals surface area contributed by atoms with Gasteiger partial charge in [-0.2, -0.15) is 5.10 Å². The lowest BCUT2D eigenvalue weighted by molar-refractivity contribution is -0.115. The molecule has 0 aliphatic heterocycles. The van der Waals surface area contributed by atoms with E-state index < -0.39 is 0 Å². The van der Waals surface area contributed by atoms with Crippen LogP contribution in [0.5, 0.6) is 0 Å². The van der Waals surface area contributed by atoms with Gasteiger partial charge in [-0.1, -0.05) is 43.6 Å². The number of rotatable bonds is 4. The van der Waals surface area contributed by atoms with E-state index in [0.717, 1.165) is 11.3 Å². The summed E-state index contributed by atoms with van der Waals surface area (Å²) in [5.41, 5.74) is 1.80. The zero-order valence-corrected chi connectivity index (χ0v) is 11.7. The second kappa shape index (κ2) is 5.89. The fraction of sp³-hybridized carbons (Fsp3) is 0.286. The van der Waals surface area contributed by atoms with Gasteiger partial charge >= 0.3 is 0 Å². The van der Waals surface area contributed by atoms with Gasteiger partial charge < -0.3 is 5.32 Å². The molecule has 0 saturated heterocycles. The van der Waals surface area contributed by atoms with E-state index in [0.29, 0.717) is 16.8 Å². The first-order chi connectivity index (χ1) is 9.06. The number of carbonyl (C=O) groups excluding carboxylic acids is 1. The zero-order chi connectivity index (χ0) is 13.8. The van der Waals surface area contributed by atoms with E-state index >= 15 is 0 Å². The number of nitrogens with zero attached hydrogens (tertiary/aromatic N) is 1. The minimum absolute atomic E-state index is 0.130. The van der Waals surface area contributed by atoms with Crippen molar-refractivity contribution in [3.8, 4) is 0 Å². The summed E-state index contributed by atoms with van der Waals surface area (Å²) in [6.07, 6.45) is 0.240. The summed E-state index contributed by atoms with van der Waals surface area (Å²) in [5.74, 6) is 0.761. The Kier molecular flexibility index (Phi) is 4.22. The van der Waals surface area contributed by atoms with Crippen molar-refractivity contribution in [1.82, 2.24) is 10.2 Å². The number of anilines is 1. The number of hydrogen-bond donors (Lipinski definition) is 2. The van der Waals surface area contributed by atoms with E-state index in [1.54, 1.807) is 6.07 Å². The van der Waals surface area contributed by atoms with Crippen molar-refractivity contribution >= 4 is 23.3 Å². The molecule has 0 bridgehead atoms. The van der Waals surface area contributed by atoms with Gasteiger partial charge in [-0.05, 0) is 17.5 Å². The number of H-pyrrole nitrogens is 1. The molecule has 1 heterocycles. The minimum atomic E-state index is -0.130. The van der Waals surface area contributed by atoms with Crippen LogP contribution >= 0.6 is 11.6 Å². The van der Waals surface area contributed by atoms with E-state index in [9.17, 15) is 4.79 Å². The predicted octanol–water partition coefficient (Wildman–Crippen LogP) is 3.37. The standard InChI is InChI=1S/C14H16ClN3O/c1-9(2)12-8-13(18-17-12)16-14(19)7-10-5-3-4-6-11(10)15/h3-6,8-9H,7H2,1-2H3,(H2,16,17,18,19). The van der Waals surface area contributed by atoms with E-state index in [-0.39, 0.29) is 12.3 Å². The van der Waals surface area contributed by atoms with E-state index in [1.807, 2.05) is 24.3 Å². The Morgan fingerprint density at radius 2 is 2.16 bits per heavy atom. The zero-order valence-electron chi connectivity index (χ0n) is 10.9. The average molecular weight is 278 g/mol. The van der Waals surface area contributed by atoms with Crippen LogP contribution in [0.4, 0.5) is 5.82 Å². The Morgan fingerprint density at radius 1 is 1.42 bits per heavy atom. The third kappa shape index (κ3) is 3.58. The summed E-state index contributed by atoms with van der Waals surface area (Å²) < 4.78 is 0. The smallest absolute Gasteiger partial charge is 0.230 e. The SMILES string of the molecule is CC(C)c1cc(NC(=O)Cc2ccccc2Cl)n[nH]1. The first-order valence-electron chi connectivity index (χ1n) is 6.15. The van der Waals surface area contributed by atoms with Crippen molar-refractivity contribution in [2.24, 2.45) is 0 Å². The number of amides is 1. The fourth-order valence-corrected chi connectivity index (χ4v) is 1.90. The normalized spacial score (nSPS) is 10.7. The van der Waals surface area contributed by atoms with Gasteiger partial charge in [0.05, 0.1) is 6.42 Å². The maximum absolute atomic E-state index is 11.9. The molecule has 5 heteroatoms. The monoisotopic (exact) mass is 277 g/mol. The number of hydrogen-bond acceptors (Lipinski definition) is 2. The summed E-state index contributed by atoms with van der Waals surface area (Å²) in [6.45, 7) is 4.12. The van der Waals surface area contributed by atoms with Gasteiger partial charge in [0, 0.05) is 16.8 Å². The highest BCUT2D eigenvalue weighted by atomic mass is 35.5. The number of carbonyl (C=O) groups is 1. The third-order valence-corrected chi connectivity index (χ3v) is 3.16. The van der Waals surface area contributed by atoms with Gasteiger partial charge in [-0.15, -0.1) is 0 Å². The molecule has 1 aromatic carbocycles. The topological polar surface area (TPSA) is 57.8 Å². The Bertz CT molecular complexity index is 578.